The number of rotatable bonds is 4. The Morgan fingerprint density at radius 2 is 2.47 bits per heavy atom. The highest BCUT2D eigenvalue weighted by Crippen LogP contribution is 2.15. The van der Waals surface area contributed by atoms with Crippen LogP contribution in [0.1, 0.15) is 30.7 Å². The Morgan fingerprint density at radius 1 is 1.53 bits per heavy atom. The van der Waals surface area contributed by atoms with Gasteiger partial charge in [0.25, 0.3) is 0 Å². The van der Waals surface area contributed by atoms with Crippen LogP contribution in [0.15, 0.2) is 10.6 Å². The van der Waals surface area contributed by atoms with Gasteiger partial charge in [0.05, 0.1) is 6.61 Å². The molecule has 0 radical (unpaired) electrons. The number of hydrogen-bond acceptors (Lipinski definition) is 5. The zero-order chi connectivity index (χ0) is 10.5. The molecule has 5 heteroatoms. The van der Waals surface area contributed by atoms with Crippen molar-refractivity contribution < 1.29 is 19.1 Å². The van der Waals surface area contributed by atoms with Gasteiger partial charge in [0, 0.05) is 12.7 Å². The van der Waals surface area contributed by atoms with Crippen LogP contribution in [0.5, 0.6) is 0 Å². The Bertz CT molecular complexity index is 293. The summed E-state index contributed by atoms with van der Waals surface area (Å²) in [5, 5.41) is 12.4. The number of aromatic nitrogens is 1. The van der Waals surface area contributed by atoms with E-state index in [2.05, 4.69) is 5.16 Å². The lowest BCUT2D eigenvalue weighted by atomic mass is 10.2. The molecule has 0 bridgehead atoms. The number of nitrogens with zero attached hydrogens (tertiary/aromatic N) is 1. The van der Waals surface area contributed by atoms with E-state index < -0.39 is 0 Å². The molecule has 84 valence electrons. The molecule has 1 aliphatic rings. The van der Waals surface area contributed by atoms with E-state index in [1.54, 1.807) is 6.07 Å². The predicted molar refractivity (Wildman–Crippen MR) is 50.8 cm³/mol. The molecule has 2 heterocycles. The first-order chi connectivity index (χ1) is 7.38. The smallest absolute Gasteiger partial charge is 0.162 e. The zero-order valence-corrected chi connectivity index (χ0v) is 8.52. The zero-order valence-electron chi connectivity index (χ0n) is 8.52. The number of ether oxygens (including phenoxy) is 2. The molecular weight excluding hydrogens is 198 g/mol. The molecule has 0 saturated carbocycles. The van der Waals surface area contributed by atoms with Crippen LogP contribution in [0.2, 0.25) is 0 Å². The lowest BCUT2D eigenvalue weighted by Gasteiger charge is -2.21. The van der Waals surface area contributed by atoms with E-state index in [4.69, 9.17) is 19.1 Å². The predicted octanol–water partition coefficient (Wildman–Crippen LogP) is 1.21. The first-order valence-electron chi connectivity index (χ1n) is 5.17. The maximum absolute atomic E-state index is 8.78. The summed E-state index contributed by atoms with van der Waals surface area (Å²) in [6, 6.07) is 1.68. The average Bonchev–Trinajstić information content (AvgIpc) is 2.76. The van der Waals surface area contributed by atoms with Crippen molar-refractivity contribution in [2.24, 2.45) is 0 Å². The van der Waals surface area contributed by atoms with Crippen molar-refractivity contribution in [2.45, 2.75) is 38.8 Å². The quantitative estimate of drug-likeness (QED) is 0.814. The fourth-order valence-corrected chi connectivity index (χ4v) is 1.52. The number of aliphatic hydroxyl groups excluding tert-OH is 1. The number of hydrogen-bond donors (Lipinski definition) is 1. The molecule has 15 heavy (non-hydrogen) atoms. The Hall–Kier alpha value is -0.910. The van der Waals surface area contributed by atoms with Gasteiger partial charge in [-0.15, -0.1) is 0 Å². The van der Waals surface area contributed by atoms with Crippen molar-refractivity contribution in [1.82, 2.24) is 5.16 Å². The molecule has 1 saturated heterocycles. The van der Waals surface area contributed by atoms with E-state index >= 15 is 0 Å². The third-order valence-electron chi connectivity index (χ3n) is 2.32. The molecule has 1 N–H and O–H groups in total. The van der Waals surface area contributed by atoms with Crippen molar-refractivity contribution in [3.05, 3.63) is 17.5 Å². The number of aliphatic hydroxyl groups is 1. The summed E-state index contributed by atoms with van der Waals surface area (Å²) in [4.78, 5) is 0. The third kappa shape index (κ3) is 3.02. The van der Waals surface area contributed by atoms with E-state index in [-0.39, 0.29) is 12.9 Å². The Kier molecular flexibility index (Phi) is 3.71. The molecule has 0 amide bonds. The largest absolute Gasteiger partial charge is 0.390 e. The van der Waals surface area contributed by atoms with Crippen LogP contribution in [0.3, 0.4) is 0 Å². The molecule has 0 spiro atoms. The normalized spacial score (nSPS) is 21.8. The van der Waals surface area contributed by atoms with Gasteiger partial charge in [-0.2, -0.15) is 0 Å². The lowest BCUT2D eigenvalue weighted by Crippen LogP contribution is -2.21. The van der Waals surface area contributed by atoms with Crippen molar-refractivity contribution in [3.8, 4) is 0 Å². The third-order valence-corrected chi connectivity index (χ3v) is 2.32. The van der Waals surface area contributed by atoms with Gasteiger partial charge in [-0.25, -0.2) is 0 Å². The van der Waals surface area contributed by atoms with Gasteiger partial charge in [-0.05, 0) is 19.3 Å². The van der Waals surface area contributed by atoms with Crippen LogP contribution in [-0.4, -0.2) is 23.2 Å². The van der Waals surface area contributed by atoms with Crippen LogP contribution >= 0.6 is 0 Å². The minimum absolute atomic E-state index is 0.108. The topological polar surface area (TPSA) is 64.7 Å². The molecule has 0 aromatic carbocycles. The molecule has 1 fully saturated rings. The van der Waals surface area contributed by atoms with E-state index in [9.17, 15) is 0 Å². The van der Waals surface area contributed by atoms with Gasteiger partial charge >= 0.3 is 0 Å². The molecule has 1 aromatic rings. The van der Waals surface area contributed by atoms with E-state index in [0.717, 1.165) is 25.9 Å². The second-order valence-corrected chi connectivity index (χ2v) is 3.55. The Labute approximate surface area is 88.0 Å². The van der Waals surface area contributed by atoms with Crippen LogP contribution in [0.4, 0.5) is 0 Å². The first kappa shape index (κ1) is 10.6. The van der Waals surface area contributed by atoms with Gasteiger partial charge in [-0.1, -0.05) is 5.16 Å². The summed E-state index contributed by atoms with van der Waals surface area (Å²) in [6.07, 6.45) is 3.06. The highest BCUT2D eigenvalue weighted by atomic mass is 16.7. The summed E-state index contributed by atoms with van der Waals surface area (Å²) < 4.78 is 15.8. The fraction of sp³-hybridized carbons (Fsp3) is 0.700. The van der Waals surface area contributed by atoms with Crippen LogP contribution < -0.4 is 0 Å². The van der Waals surface area contributed by atoms with Gasteiger partial charge in [0.15, 0.2) is 12.1 Å². The average molecular weight is 213 g/mol. The molecule has 1 atom stereocenters. The van der Waals surface area contributed by atoms with Gasteiger partial charge in [0.2, 0.25) is 0 Å². The maximum Gasteiger partial charge on any atom is 0.162 e. The first-order valence-corrected chi connectivity index (χ1v) is 5.17. The Balaban J connectivity index is 1.76. The highest BCUT2D eigenvalue weighted by Gasteiger charge is 2.15. The van der Waals surface area contributed by atoms with E-state index in [0.29, 0.717) is 18.1 Å². The van der Waals surface area contributed by atoms with Gasteiger partial charge in [0.1, 0.15) is 12.3 Å². The second-order valence-electron chi connectivity index (χ2n) is 3.55. The van der Waals surface area contributed by atoms with Crippen LogP contribution in [0.25, 0.3) is 0 Å². The van der Waals surface area contributed by atoms with E-state index in [1.165, 1.54) is 0 Å². The monoisotopic (exact) mass is 213 g/mol. The van der Waals surface area contributed by atoms with E-state index in [1.807, 2.05) is 0 Å². The maximum atomic E-state index is 8.78. The lowest BCUT2D eigenvalue weighted by molar-refractivity contribution is -0.171. The van der Waals surface area contributed by atoms with Crippen LogP contribution in [0, 0.1) is 0 Å². The molecule has 1 aliphatic heterocycles. The summed E-state index contributed by atoms with van der Waals surface area (Å²) >= 11 is 0. The van der Waals surface area contributed by atoms with Crippen molar-refractivity contribution in [3.63, 3.8) is 0 Å². The van der Waals surface area contributed by atoms with Crippen molar-refractivity contribution >= 4 is 0 Å². The molecule has 5 nitrogen and oxygen atoms in total. The van der Waals surface area contributed by atoms with Crippen molar-refractivity contribution in [2.75, 3.05) is 6.61 Å². The minimum Gasteiger partial charge on any atom is -0.390 e. The Morgan fingerprint density at radius 3 is 3.13 bits per heavy atom. The highest BCUT2D eigenvalue weighted by molar-refractivity contribution is 5.02. The SMILES string of the molecule is OCc1cc(COC2CCCCO2)on1. The molecule has 2 rings (SSSR count). The summed E-state index contributed by atoms with van der Waals surface area (Å²) in [5.74, 6) is 0.619. The molecule has 1 unspecified atom stereocenters. The minimum atomic E-state index is -0.124. The summed E-state index contributed by atoms with van der Waals surface area (Å²) in [5.41, 5.74) is 0.526. The second kappa shape index (κ2) is 5.25. The van der Waals surface area contributed by atoms with Crippen molar-refractivity contribution in [1.29, 1.82) is 0 Å². The summed E-state index contributed by atoms with van der Waals surface area (Å²) in [6.45, 7) is 1.00. The standard InChI is InChI=1S/C10H15NO4/c12-6-8-5-9(15-11-8)7-14-10-3-1-2-4-13-10/h5,10,12H,1-4,6-7H2. The molecule has 0 aliphatic carbocycles. The molecular formula is C10H15NO4. The van der Waals surface area contributed by atoms with Gasteiger partial charge in [-0.3, -0.25) is 0 Å². The fourth-order valence-electron chi connectivity index (χ4n) is 1.52. The summed E-state index contributed by atoms with van der Waals surface area (Å²) in [7, 11) is 0. The van der Waals surface area contributed by atoms with Crippen LogP contribution in [-0.2, 0) is 22.7 Å². The molecule has 1 aromatic heterocycles. The van der Waals surface area contributed by atoms with Gasteiger partial charge < -0.3 is 19.1 Å².